The molecule has 0 aliphatic heterocycles. The maximum Gasteiger partial charge on any atom is 0.310 e. The van der Waals surface area contributed by atoms with Crippen molar-refractivity contribution in [1.29, 1.82) is 0 Å². The molecule has 0 fully saturated rings. The van der Waals surface area contributed by atoms with Crippen LogP contribution in [0.3, 0.4) is 0 Å². The van der Waals surface area contributed by atoms with E-state index < -0.39 is 17.4 Å². The molecule has 124 valence electrons. The molecule has 0 unspecified atom stereocenters. The van der Waals surface area contributed by atoms with E-state index in [4.69, 9.17) is 27.9 Å². The van der Waals surface area contributed by atoms with Gasteiger partial charge in [-0.05, 0) is 23.8 Å². The van der Waals surface area contributed by atoms with Crippen LogP contribution in [-0.2, 0) is 4.79 Å². The lowest BCUT2D eigenvalue weighted by Gasteiger charge is -2.05. The first-order valence-electron chi connectivity index (χ1n) is 6.60. The molecular weight excluding hydrogens is 357 g/mol. The molecule has 1 N–H and O–H groups in total. The fraction of sp³-hybridized carbons (Fsp3) is 0.0667. The van der Waals surface area contributed by atoms with Crippen molar-refractivity contribution in [3.8, 4) is 5.75 Å². The average molecular weight is 368 g/mol. The van der Waals surface area contributed by atoms with Crippen LogP contribution >= 0.6 is 23.2 Å². The molecule has 2 rings (SSSR count). The Morgan fingerprint density at radius 1 is 1.25 bits per heavy atom. The van der Waals surface area contributed by atoms with Crippen LogP contribution in [0.25, 0.3) is 0 Å². The Morgan fingerprint density at radius 3 is 2.71 bits per heavy atom. The third-order valence-corrected chi connectivity index (χ3v) is 3.51. The first-order valence-corrected chi connectivity index (χ1v) is 7.36. The Hall–Kier alpha value is -2.64. The van der Waals surface area contributed by atoms with Crippen molar-refractivity contribution in [3.05, 3.63) is 68.2 Å². The Kier molecular flexibility index (Phi) is 6.11. The molecule has 0 aliphatic rings. The second-order valence-corrected chi connectivity index (χ2v) is 5.29. The topological polar surface area (TPSA) is 93.8 Å². The SMILES string of the molecule is O=C(COc1ccccc1[N+](=O)[O-])N/N=C/c1ccc(Cl)c(Cl)c1. The standard InChI is InChI=1S/C15H11Cl2N3O4/c16-11-6-5-10(7-12(11)17)8-18-19-15(21)9-24-14-4-2-1-3-13(14)20(22)23/h1-8H,9H2,(H,19,21)/b18-8+. The molecule has 0 heterocycles. The quantitative estimate of drug-likeness (QED) is 0.480. The molecule has 0 radical (unpaired) electrons. The summed E-state index contributed by atoms with van der Waals surface area (Å²) in [5.74, 6) is -0.560. The van der Waals surface area contributed by atoms with Crippen molar-refractivity contribution in [2.45, 2.75) is 0 Å². The van der Waals surface area contributed by atoms with E-state index in [1.165, 1.54) is 24.4 Å². The van der Waals surface area contributed by atoms with Crippen LogP contribution in [0.5, 0.6) is 5.75 Å². The Bertz CT molecular complexity index is 796. The molecule has 2 aromatic rings. The van der Waals surface area contributed by atoms with E-state index in [0.717, 1.165) is 0 Å². The fourth-order valence-corrected chi connectivity index (χ4v) is 1.98. The number of carbonyl (C=O) groups is 1. The van der Waals surface area contributed by atoms with Crippen LogP contribution in [-0.4, -0.2) is 23.7 Å². The van der Waals surface area contributed by atoms with Crippen LogP contribution < -0.4 is 10.2 Å². The van der Waals surface area contributed by atoms with Gasteiger partial charge in [0.2, 0.25) is 0 Å². The van der Waals surface area contributed by atoms with E-state index in [-0.39, 0.29) is 11.4 Å². The minimum atomic E-state index is -0.588. The van der Waals surface area contributed by atoms with Crippen LogP contribution in [0.4, 0.5) is 5.69 Å². The van der Waals surface area contributed by atoms with Crippen molar-refractivity contribution in [1.82, 2.24) is 5.43 Å². The highest BCUT2D eigenvalue weighted by molar-refractivity contribution is 6.42. The summed E-state index contributed by atoms with van der Waals surface area (Å²) in [6.45, 7) is -0.413. The first-order chi connectivity index (χ1) is 11.5. The first kappa shape index (κ1) is 17.7. The number of benzene rings is 2. The van der Waals surface area contributed by atoms with Crippen LogP contribution in [0, 0.1) is 10.1 Å². The molecule has 0 aromatic heterocycles. The number of hydrogen-bond donors (Lipinski definition) is 1. The van der Waals surface area contributed by atoms with Gasteiger partial charge in [-0.3, -0.25) is 14.9 Å². The maximum absolute atomic E-state index is 11.6. The molecule has 24 heavy (non-hydrogen) atoms. The molecule has 9 heteroatoms. The van der Waals surface area contributed by atoms with Gasteiger partial charge in [-0.15, -0.1) is 0 Å². The van der Waals surface area contributed by atoms with Gasteiger partial charge in [0.1, 0.15) is 0 Å². The number of hydrogen-bond acceptors (Lipinski definition) is 5. The number of carbonyl (C=O) groups excluding carboxylic acids is 1. The molecule has 0 aliphatic carbocycles. The fourth-order valence-electron chi connectivity index (χ4n) is 1.68. The number of para-hydroxylation sites is 2. The van der Waals surface area contributed by atoms with Gasteiger partial charge in [0.15, 0.2) is 12.4 Å². The number of nitro groups is 1. The number of rotatable bonds is 6. The Morgan fingerprint density at radius 2 is 2.00 bits per heavy atom. The Labute approximate surface area is 147 Å². The lowest BCUT2D eigenvalue weighted by Crippen LogP contribution is -2.24. The van der Waals surface area contributed by atoms with Gasteiger partial charge < -0.3 is 4.74 Å². The number of nitro benzene ring substituents is 1. The molecule has 0 bridgehead atoms. The summed E-state index contributed by atoms with van der Waals surface area (Å²) in [7, 11) is 0. The van der Waals surface area contributed by atoms with Crippen molar-refractivity contribution in [3.63, 3.8) is 0 Å². The Balaban J connectivity index is 1.89. The van der Waals surface area contributed by atoms with Crippen LogP contribution in [0.1, 0.15) is 5.56 Å². The number of amides is 1. The molecule has 7 nitrogen and oxygen atoms in total. The van der Waals surface area contributed by atoms with Gasteiger partial charge in [-0.2, -0.15) is 5.10 Å². The van der Waals surface area contributed by atoms with E-state index >= 15 is 0 Å². The van der Waals surface area contributed by atoms with Crippen molar-refractivity contribution in [2.24, 2.45) is 5.10 Å². The summed E-state index contributed by atoms with van der Waals surface area (Å²) in [6.07, 6.45) is 1.38. The predicted octanol–water partition coefficient (Wildman–Crippen LogP) is 3.43. The van der Waals surface area contributed by atoms with Crippen LogP contribution in [0.2, 0.25) is 10.0 Å². The van der Waals surface area contributed by atoms with E-state index in [0.29, 0.717) is 15.6 Å². The van der Waals surface area contributed by atoms with Crippen molar-refractivity contribution in [2.75, 3.05) is 6.61 Å². The van der Waals surface area contributed by atoms with E-state index in [1.807, 2.05) is 0 Å². The summed E-state index contributed by atoms with van der Waals surface area (Å²) < 4.78 is 5.13. The summed E-state index contributed by atoms with van der Waals surface area (Å²) in [4.78, 5) is 21.9. The smallest absolute Gasteiger partial charge is 0.310 e. The second kappa shape index (κ2) is 8.28. The summed E-state index contributed by atoms with van der Waals surface area (Å²) in [6, 6.07) is 10.6. The lowest BCUT2D eigenvalue weighted by atomic mass is 10.2. The number of halogens is 2. The third kappa shape index (κ3) is 4.94. The van der Waals surface area contributed by atoms with Gasteiger partial charge in [-0.25, -0.2) is 5.43 Å². The van der Waals surface area contributed by atoms with Gasteiger partial charge in [-0.1, -0.05) is 41.4 Å². The minimum Gasteiger partial charge on any atom is -0.477 e. The highest BCUT2D eigenvalue weighted by atomic mass is 35.5. The number of nitrogens with zero attached hydrogens (tertiary/aromatic N) is 2. The largest absolute Gasteiger partial charge is 0.477 e. The van der Waals surface area contributed by atoms with Gasteiger partial charge in [0, 0.05) is 6.07 Å². The minimum absolute atomic E-state index is 0.00566. The highest BCUT2D eigenvalue weighted by Gasteiger charge is 2.14. The molecule has 1 amide bonds. The zero-order chi connectivity index (χ0) is 17.5. The van der Waals surface area contributed by atoms with Crippen molar-refractivity contribution >= 4 is 41.0 Å². The maximum atomic E-state index is 11.6. The van der Waals surface area contributed by atoms with E-state index in [1.54, 1.807) is 24.3 Å². The summed E-state index contributed by atoms with van der Waals surface area (Å²) in [5.41, 5.74) is 2.67. The predicted molar refractivity (Wildman–Crippen MR) is 90.8 cm³/mol. The van der Waals surface area contributed by atoms with Gasteiger partial charge in [0.05, 0.1) is 21.2 Å². The van der Waals surface area contributed by atoms with Crippen LogP contribution in [0.15, 0.2) is 47.6 Å². The zero-order valence-corrected chi connectivity index (χ0v) is 13.6. The molecule has 0 spiro atoms. The normalized spacial score (nSPS) is 10.6. The number of ether oxygens (including phenoxy) is 1. The molecule has 0 saturated carbocycles. The highest BCUT2D eigenvalue weighted by Crippen LogP contribution is 2.25. The van der Waals surface area contributed by atoms with E-state index in [9.17, 15) is 14.9 Å². The molecule has 0 atom stereocenters. The van der Waals surface area contributed by atoms with Gasteiger partial charge in [0.25, 0.3) is 5.91 Å². The number of nitrogens with one attached hydrogen (secondary N) is 1. The van der Waals surface area contributed by atoms with E-state index in [2.05, 4.69) is 10.5 Å². The molecule has 2 aromatic carbocycles. The molecule has 0 saturated heterocycles. The van der Waals surface area contributed by atoms with Gasteiger partial charge >= 0.3 is 5.69 Å². The average Bonchev–Trinajstić information content (AvgIpc) is 2.56. The zero-order valence-electron chi connectivity index (χ0n) is 12.1. The summed E-state index contributed by atoms with van der Waals surface area (Å²) in [5, 5.41) is 15.4. The monoisotopic (exact) mass is 367 g/mol. The molecular formula is C15H11Cl2N3O4. The second-order valence-electron chi connectivity index (χ2n) is 4.48. The van der Waals surface area contributed by atoms with Crippen molar-refractivity contribution < 1.29 is 14.5 Å². The summed E-state index contributed by atoms with van der Waals surface area (Å²) >= 11 is 11.6. The number of hydrazone groups is 1. The third-order valence-electron chi connectivity index (χ3n) is 2.77. The lowest BCUT2D eigenvalue weighted by molar-refractivity contribution is -0.385.